The summed E-state index contributed by atoms with van der Waals surface area (Å²) < 4.78 is 31.8. The number of amides is 1. The molecular formula is C21H22N6O4S. The third-order valence-corrected chi connectivity index (χ3v) is 6.09. The average molecular weight is 455 g/mol. The van der Waals surface area contributed by atoms with Crippen molar-refractivity contribution in [3.05, 3.63) is 47.8 Å². The number of hydrogen-bond acceptors (Lipinski definition) is 7. The lowest BCUT2D eigenvalue weighted by molar-refractivity contribution is -0.123. The molecule has 1 aliphatic carbocycles. The predicted molar refractivity (Wildman–Crippen MR) is 116 cm³/mol. The van der Waals surface area contributed by atoms with E-state index in [-0.39, 0.29) is 19.0 Å². The monoisotopic (exact) mass is 454 g/mol. The topological polar surface area (TPSA) is 138 Å². The molecule has 166 valence electrons. The van der Waals surface area contributed by atoms with Gasteiger partial charge in [-0.25, -0.2) is 22.6 Å². The van der Waals surface area contributed by atoms with Crippen molar-refractivity contribution in [2.75, 3.05) is 26.5 Å². The van der Waals surface area contributed by atoms with E-state index in [1.54, 1.807) is 29.8 Å². The van der Waals surface area contributed by atoms with Gasteiger partial charge in [-0.3, -0.25) is 4.79 Å². The second-order valence-corrected chi connectivity index (χ2v) is 9.48. The number of aromatic nitrogens is 3. The Balaban J connectivity index is 1.65. The zero-order valence-electron chi connectivity index (χ0n) is 17.6. The number of rotatable bonds is 8. The van der Waals surface area contributed by atoms with Crippen LogP contribution in [0.25, 0.3) is 16.9 Å². The highest BCUT2D eigenvalue weighted by atomic mass is 32.2. The van der Waals surface area contributed by atoms with Crippen LogP contribution in [0.3, 0.4) is 0 Å². The molecule has 1 amide bonds. The maximum Gasteiger partial charge on any atom is 0.234 e. The van der Waals surface area contributed by atoms with Gasteiger partial charge in [0.25, 0.3) is 0 Å². The normalized spacial score (nSPS) is 14.7. The van der Waals surface area contributed by atoms with Gasteiger partial charge < -0.3 is 10.1 Å². The fraction of sp³-hybridized carbons (Fsp3) is 0.333. The molecule has 2 aromatic heterocycles. The fourth-order valence-corrected chi connectivity index (χ4v) is 3.97. The van der Waals surface area contributed by atoms with Crippen molar-refractivity contribution >= 4 is 21.6 Å². The molecule has 0 spiro atoms. The first-order chi connectivity index (χ1) is 15.3. The first-order valence-corrected chi connectivity index (χ1v) is 11.8. The molecule has 0 saturated heterocycles. The molecule has 1 aliphatic rings. The van der Waals surface area contributed by atoms with Gasteiger partial charge >= 0.3 is 0 Å². The summed E-state index contributed by atoms with van der Waals surface area (Å²) in [6.45, 7) is 0.275. The fourth-order valence-electron chi connectivity index (χ4n) is 3.49. The molecule has 1 fully saturated rings. The number of carbonyl (C=O) groups is 1. The summed E-state index contributed by atoms with van der Waals surface area (Å²) >= 11 is 0. The van der Waals surface area contributed by atoms with Crippen LogP contribution in [-0.4, -0.2) is 55.4 Å². The number of methoxy groups -OCH3 is 1. The maximum atomic E-state index is 12.9. The Morgan fingerprint density at radius 2 is 1.94 bits per heavy atom. The van der Waals surface area contributed by atoms with Gasteiger partial charge in [0.05, 0.1) is 30.7 Å². The summed E-state index contributed by atoms with van der Waals surface area (Å²) in [6, 6.07) is 12.8. The molecule has 1 aromatic carbocycles. The first kappa shape index (κ1) is 21.7. The number of hydrogen-bond donors (Lipinski definition) is 2. The molecule has 4 rings (SSSR count). The Morgan fingerprint density at radius 3 is 2.53 bits per heavy atom. The summed E-state index contributed by atoms with van der Waals surface area (Å²) in [4.78, 5) is 17.5. The van der Waals surface area contributed by atoms with Gasteiger partial charge in [-0.2, -0.15) is 5.26 Å². The zero-order valence-corrected chi connectivity index (χ0v) is 18.4. The lowest BCUT2D eigenvalue weighted by Gasteiger charge is -2.12. The highest BCUT2D eigenvalue weighted by Crippen LogP contribution is 2.47. The molecule has 1 saturated carbocycles. The molecule has 0 radical (unpaired) electrons. The number of sulfonamides is 1. The largest absolute Gasteiger partial charge is 0.493 e. The van der Waals surface area contributed by atoms with E-state index in [0.717, 1.165) is 17.5 Å². The predicted octanol–water partition coefficient (Wildman–Crippen LogP) is 0.974. The molecule has 0 unspecified atom stereocenters. The number of carbonyl (C=O) groups excluding carboxylic acids is 1. The zero-order chi connectivity index (χ0) is 22.9. The number of ether oxygens (including phenoxy) is 1. The summed E-state index contributed by atoms with van der Waals surface area (Å²) in [6.07, 6.45) is 2.27. The van der Waals surface area contributed by atoms with Crippen molar-refractivity contribution < 1.29 is 17.9 Å². The quantitative estimate of drug-likeness (QED) is 0.484. The molecular weight excluding hydrogens is 432 g/mol. The smallest absolute Gasteiger partial charge is 0.234 e. The van der Waals surface area contributed by atoms with Gasteiger partial charge in [0.1, 0.15) is 5.41 Å². The third-order valence-electron chi connectivity index (χ3n) is 5.37. The van der Waals surface area contributed by atoms with E-state index < -0.39 is 15.4 Å². The van der Waals surface area contributed by atoms with Crippen molar-refractivity contribution in [3.8, 4) is 23.1 Å². The summed E-state index contributed by atoms with van der Waals surface area (Å²) in [5, 5.41) is 16.5. The lowest BCUT2D eigenvalue weighted by atomic mass is 10.1. The number of nitriles is 1. The first-order valence-electron chi connectivity index (χ1n) is 9.95. The van der Waals surface area contributed by atoms with Crippen LogP contribution in [-0.2, 0) is 20.2 Å². The van der Waals surface area contributed by atoms with Crippen LogP contribution in [0.5, 0.6) is 5.75 Å². The van der Waals surface area contributed by atoms with E-state index in [4.69, 9.17) is 10.00 Å². The minimum absolute atomic E-state index is 0.107. The lowest BCUT2D eigenvalue weighted by Crippen LogP contribution is -2.40. The van der Waals surface area contributed by atoms with Gasteiger partial charge in [-0.05, 0) is 37.1 Å². The number of nitrogens with one attached hydrogen (secondary N) is 2. The molecule has 2 N–H and O–H groups in total. The van der Waals surface area contributed by atoms with Crippen LogP contribution in [0.15, 0.2) is 36.4 Å². The van der Waals surface area contributed by atoms with E-state index >= 15 is 0 Å². The second kappa shape index (κ2) is 8.22. The van der Waals surface area contributed by atoms with Gasteiger partial charge in [0, 0.05) is 18.7 Å². The van der Waals surface area contributed by atoms with E-state index in [0.29, 0.717) is 35.6 Å². The number of nitrogens with zero attached hydrogens (tertiary/aromatic N) is 4. The maximum absolute atomic E-state index is 12.9. The summed E-state index contributed by atoms with van der Waals surface area (Å²) in [5.74, 6) is 0.683. The molecule has 0 bridgehead atoms. The van der Waals surface area contributed by atoms with Gasteiger partial charge in [-0.15, -0.1) is 5.10 Å². The third kappa shape index (κ3) is 4.15. The van der Waals surface area contributed by atoms with Crippen LogP contribution < -0.4 is 14.8 Å². The van der Waals surface area contributed by atoms with E-state index in [9.17, 15) is 13.2 Å². The van der Waals surface area contributed by atoms with Gasteiger partial charge in [-0.1, -0.05) is 12.1 Å². The van der Waals surface area contributed by atoms with Gasteiger partial charge in [0.2, 0.25) is 15.9 Å². The Kier molecular flexibility index (Phi) is 5.58. The van der Waals surface area contributed by atoms with Crippen LogP contribution >= 0.6 is 0 Å². The van der Waals surface area contributed by atoms with Crippen molar-refractivity contribution in [2.24, 2.45) is 0 Å². The molecule has 0 aliphatic heterocycles. The van der Waals surface area contributed by atoms with E-state index in [1.165, 1.54) is 0 Å². The summed E-state index contributed by atoms with van der Waals surface area (Å²) in [7, 11) is -1.77. The molecule has 3 aromatic rings. The Hall–Kier alpha value is -3.49. The minimum atomic E-state index is -3.32. The molecule has 32 heavy (non-hydrogen) atoms. The number of pyridine rings is 1. The van der Waals surface area contributed by atoms with E-state index in [1.807, 2.05) is 18.2 Å². The highest BCUT2D eigenvalue weighted by Gasteiger charge is 2.54. The van der Waals surface area contributed by atoms with Crippen LogP contribution in [0, 0.1) is 11.3 Å². The summed E-state index contributed by atoms with van der Waals surface area (Å²) in [5.41, 5.74) is 1.79. The van der Waals surface area contributed by atoms with Crippen molar-refractivity contribution in [1.29, 1.82) is 5.26 Å². The van der Waals surface area contributed by atoms with Crippen LogP contribution in [0.2, 0.25) is 0 Å². The number of fused-ring (bicyclic) bond motifs is 1. The minimum Gasteiger partial charge on any atom is -0.493 e. The SMILES string of the molecule is COc1ccc(-c2ccc(C#N)cc2)n2nc(C3(C(=O)NCCNS(C)(=O)=O)CC3)nc12. The van der Waals surface area contributed by atoms with Crippen LogP contribution in [0.1, 0.15) is 24.2 Å². The van der Waals surface area contributed by atoms with Crippen LogP contribution in [0.4, 0.5) is 0 Å². The van der Waals surface area contributed by atoms with Gasteiger partial charge in [0.15, 0.2) is 17.2 Å². The average Bonchev–Trinajstić information content (AvgIpc) is 3.47. The Morgan fingerprint density at radius 1 is 1.22 bits per heavy atom. The van der Waals surface area contributed by atoms with Crippen molar-refractivity contribution in [2.45, 2.75) is 18.3 Å². The standard InChI is InChI=1S/C21H22N6O4S/c1-31-17-8-7-16(15-5-3-14(13-22)4-6-15)27-18(17)25-19(26-27)21(9-10-21)20(28)23-11-12-24-32(2,29)30/h3-8,24H,9-12H2,1-2H3,(H,23,28). The molecule has 2 heterocycles. The highest BCUT2D eigenvalue weighted by molar-refractivity contribution is 7.88. The second-order valence-electron chi connectivity index (χ2n) is 7.65. The number of benzene rings is 1. The molecule has 11 heteroatoms. The van der Waals surface area contributed by atoms with Crippen molar-refractivity contribution in [3.63, 3.8) is 0 Å². The Bertz CT molecular complexity index is 1320. The Labute approximate surface area is 185 Å². The molecule has 0 atom stereocenters. The van der Waals surface area contributed by atoms with E-state index in [2.05, 4.69) is 26.2 Å². The van der Waals surface area contributed by atoms with Crippen molar-refractivity contribution in [1.82, 2.24) is 24.6 Å². The molecule has 10 nitrogen and oxygen atoms in total.